The third-order valence-corrected chi connectivity index (χ3v) is 3.29. The highest BCUT2D eigenvalue weighted by atomic mass is 32.2. The Kier molecular flexibility index (Phi) is 7.71. The normalized spacial score (nSPS) is 10.5. The second-order valence-corrected chi connectivity index (χ2v) is 4.82. The molecular weight excluding hydrogens is 200 g/mol. The summed E-state index contributed by atoms with van der Waals surface area (Å²) >= 11 is 7.07. The van der Waals surface area contributed by atoms with Crippen molar-refractivity contribution in [2.45, 2.75) is 13.8 Å². The van der Waals surface area contributed by atoms with Gasteiger partial charge in [-0.05, 0) is 27.9 Å². The molecule has 0 radical (unpaired) electrons. The fraction of sp³-hybridized carbons (Fsp3) is 0.889. The summed E-state index contributed by atoms with van der Waals surface area (Å²) in [5.74, 6) is 1.09. The molecule has 0 aromatic rings. The van der Waals surface area contributed by atoms with Crippen LogP contribution in [0.3, 0.4) is 0 Å². The standard InChI is InChI=1S/C9H20N2S2/c1-5-11(6-2)9(12)13-8-7-10(3)4/h5-8H2,1-4H3. The van der Waals surface area contributed by atoms with Crippen molar-refractivity contribution in [2.24, 2.45) is 0 Å². The minimum atomic E-state index is 1.02. The van der Waals surface area contributed by atoms with E-state index >= 15 is 0 Å². The van der Waals surface area contributed by atoms with Gasteiger partial charge in [0.1, 0.15) is 4.32 Å². The Bertz CT molecular complexity index is 145. The van der Waals surface area contributed by atoms with E-state index in [2.05, 4.69) is 37.7 Å². The first-order valence-corrected chi connectivity index (χ1v) is 6.07. The molecule has 0 heterocycles. The van der Waals surface area contributed by atoms with E-state index in [9.17, 15) is 0 Å². The van der Waals surface area contributed by atoms with Gasteiger partial charge in [0.2, 0.25) is 0 Å². The van der Waals surface area contributed by atoms with E-state index in [1.165, 1.54) is 0 Å². The van der Waals surface area contributed by atoms with Crippen LogP contribution in [0.25, 0.3) is 0 Å². The number of nitrogens with zero attached hydrogens (tertiary/aromatic N) is 2. The van der Waals surface area contributed by atoms with Crippen LogP contribution < -0.4 is 0 Å². The predicted octanol–water partition coefficient (Wildman–Crippen LogP) is 1.91. The van der Waals surface area contributed by atoms with Gasteiger partial charge in [0.25, 0.3) is 0 Å². The van der Waals surface area contributed by atoms with Crippen molar-refractivity contribution in [3.63, 3.8) is 0 Å². The van der Waals surface area contributed by atoms with Gasteiger partial charge in [-0.1, -0.05) is 24.0 Å². The Hall–Kier alpha value is 0.200. The average Bonchev–Trinajstić information content (AvgIpc) is 2.05. The molecule has 0 spiro atoms. The topological polar surface area (TPSA) is 6.48 Å². The van der Waals surface area contributed by atoms with E-state index in [-0.39, 0.29) is 0 Å². The van der Waals surface area contributed by atoms with E-state index < -0.39 is 0 Å². The van der Waals surface area contributed by atoms with Crippen molar-refractivity contribution >= 4 is 28.3 Å². The Morgan fingerprint density at radius 3 is 2.15 bits per heavy atom. The number of hydrogen-bond donors (Lipinski definition) is 0. The van der Waals surface area contributed by atoms with Gasteiger partial charge in [-0.2, -0.15) is 0 Å². The molecule has 0 saturated heterocycles. The molecule has 0 bridgehead atoms. The molecule has 4 heteroatoms. The van der Waals surface area contributed by atoms with E-state index in [0.717, 1.165) is 29.7 Å². The Morgan fingerprint density at radius 2 is 1.77 bits per heavy atom. The number of thiocarbonyl (C=S) groups is 1. The number of rotatable bonds is 5. The summed E-state index contributed by atoms with van der Waals surface area (Å²) in [7, 11) is 4.17. The van der Waals surface area contributed by atoms with Crippen LogP contribution in [0.1, 0.15) is 13.8 Å². The summed E-state index contributed by atoms with van der Waals surface area (Å²) in [5, 5.41) is 0. The fourth-order valence-corrected chi connectivity index (χ4v) is 2.47. The van der Waals surface area contributed by atoms with Crippen molar-refractivity contribution in [3.8, 4) is 0 Å². The quantitative estimate of drug-likeness (QED) is 0.653. The van der Waals surface area contributed by atoms with Gasteiger partial charge >= 0.3 is 0 Å². The molecule has 0 fully saturated rings. The minimum absolute atomic E-state index is 1.02. The molecule has 0 aliphatic rings. The van der Waals surface area contributed by atoms with Crippen LogP contribution in [0, 0.1) is 0 Å². The first kappa shape index (κ1) is 13.2. The minimum Gasteiger partial charge on any atom is -0.358 e. The lowest BCUT2D eigenvalue weighted by Gasteiger charge is -2.21. The van der Waals surface area contributed by atoms with Crippen LogP contribution >= 0.6 is 24.0 Å². The number of hydrogen-bond acceptors (Lipinski definition) is 3. The zero-order chi connectivity index (χ0) is 10.3. The molecule has 0 saturated carbocycles. The lowest BCUT2D eigenvalue weighted by molar-refractivity contribution is 0.437. The molecule has 0 aliphatic heterocycles. The molecule has 0 N–H and O–H groups in total. The molecule has 0 rings (SSSR count). The maximum atomic E-state index is 5.30. The maximum Gasteiger partial charge on any atom is 0.136 e. The molecule has 0 aromatic carbocycles. The average molecular weight is 220 g/mol. The van der Waals surface area contributed by atoms with E-state index in [0.29, 0.717) is 0 Å². The van der Waals surface area contributed by atoms with Crippen molar-refractivity contribution in [1.82, 2.24) is 9.80 Å². The highest BCUT2D eigenvalue weighted by molar-refractivity contribution is 8.22. The largest absolute Gasteiger partial charge is 0.358 e. The molecule has 0 atom stereocenters. The van der Waals surface area contributed by atoms with E-state index in [4.69, 9.17) is 12.2 Å². The van der Waals surface area contributed by atoms with Crippen LogP contribution in [0.5, 0.6) is 0 Å². The molecule has 0 aromatic heterocycles. The molecular formula is C9H20N2S2. The van der Waals surface area contributed by atoms with Gasteiger partial charge in [-0.25, -0.2) is 0 Å². The first-order chi connectivity index (χ1) is 6.11. The summed E-state index contributed by atoms with van der Waals surface area (Å²) in [6.45, 7) is 7.41. The molecule has 2 nitrogen and oxygen atoms in total. The summed E-state index contributed by atoms with van der Waals surface area (Å²) in [6, 6.07) is 0. The fourth-order valence-electron chi connectivity index (χ4n) is 0.889. The van der Waals surface area contributed by atoms with Gasteiger partial charge in [-0.15, -0.1) is 0 Å². The zero-order valence-electron chi connectivity index (χ0n) is 9.04. The lowest BCUT2D eigenvalue weighted by Crippen LogP contribution is -2.27. The second kappa shape index (κ2) is 7.59. The van der Waals surface area contributed by atoms with Crippen LogP contribution in [-0.4, -0.2) is 53.6 Å². The highest BCUT2D eigenvalue weighted by Gasteiger charge is 2.04. The van der Waals surface area contributed by atoms with Crippen LogP contribution in [-0.2, 0) is 0 Å². The van der Waals surface area contributed by atoms with Crippen LogP contribution in [0.2, 0.25) is 0 Å². The smallest absolute Gasteiger partial charge is 0.136 e. The second-order valence-electron chi connectivity index (χ2n) is 3.09. The maximum absolute atomic E-state index is 5.30. The predicted molar refractivity (Wildman–Crippen MR) is 66.5 cm³/mol. The van der Waals surface area contributed by atoms with E-state index in [1.54, 1.807) is 11.8 Å². The number of thioether (sulfide) groups is 1. The Morgan fingerprint density at radius 1 is 1.23 bits per heavy atom. The summed E-state index contributed by atoms with van der Waals surface area (Å²) in [6.07, 6.45) is 0. The van der Waals surface area contributed by atoms with Gasteiger partial charge in [0.15, 0.2) is 0 Å². The summed E-state index contributed by atoms with van der Waals surface area (Å²) in [4.78, 5) is 4.40. The van der Waals surface area contributed by atoms with Crippen LogP contribution in [0.15, 0.2) is 0 Å². The van der Waals surface area contributed by atoms with Gasteiger partial charge in [-0.3, -0.25) is 0 Å². The van der Waals surface area contributed by atoms with Gasteiger partial charge < -0.3 is 9.80 Å². The van der Waals surface area contributed by atoms with Gasteiger partial charge in [0, 0.05) is 25.4 Å². The molecule has 78 valence electrons. The summed E-state index contributed by atoms with van der Waals surface area (Å²) < 4.78 is 1.03. The van der Waals surface area contributed by atoms with Gasteiger partial charge in [0.05, 0.1) is 0 Å². The Balaban J connectivity index is 3.60. The summed E-state index contributed by atoms with van der Waals surface area (Å²) in [5.41, 5.74) is 0. The molecule has 0 amide bonds. The van der Waals surface area contributed by atoms with E-state index in [1.807, 2.05) is 0 Å². The third-order valence-electron chi connectivity index (χ3n) is 1.79. The molecule has 0 aliphatic carbocycles. The van der Waals surface area contributed by atoms with Crippen molar-refractivity contribution in [1.29, 1.82) is 0 Å². The lowest BCUT2D eigenvalue weighted by atomic mass is 10.6. The highest BCUT2D eigenvalue weighted by Crippen LogP contribution is 2.08. The van der Waals surface area contributed by atoms with Crippen molar-refractivity contribution in [3.05, 3.63) is 0 Å². The van der Waals surface area contributed by atoms with Crippen LogP contribution in [0.4, 0.5) is 0 Å². The molecule has 0 unspecified atom stereocenters. The monoisotopic (exact) mass is 220 g/mol. The van der Waals surface area contributed by atoms with Crippen molar-refractivity contribution < 1.29 is 0 Å². The SMILES string of the molecule is CCN(CC)C(=S)SCCN(C)C. The third kappa shape index (κ3) is 6.29. The first-order valence-electron chi connectivity index (χ1n) is 4.68. The molecule has 13 heavy (non-hydrogen) atoms. The Labute approximate surface area is 91.7 Å². The van der Waals surface area contributed by atoms with Crippen molar-refractivity contribution in [2.75, 3.05) is 39.5 Å². The zero-order valence-corrected chi connectivity index (χ0v) is 10.7.